The van der Waals surface area contributed by atoms with Gasteiger partial charge in [0.25, 0.3) is 11.1 Å². The molecule has 1 aliphatic heterocycles. The van der Waals surface area contributed by atoms with Crippen LogP contribution in [0.25, 0.3) is 6.08 Å². The van der Waals surface area contributed by atoms with Gasteiger partial charge in [-0.1, -0.05) is 43.3 Å². The fourth-order valence-corrected chi connectivity index (χ4v) is 2.89. The number of rotatable bonds is 4. The van der Waals surface area contributed by atoms with E-state index in [0.717, 1.165) is 29.3 Å². The van der Waals surface area contributed by atoms with E-state index in [1.54, 1.807) is 6.08 Å². The summed E-state index contributed by atoms with van der Waals surface area (Å²) in [5, 5.41) is -0.171. The van der Waals surface area contributed by atoms with Crippen LogP contribution in [0.5, 0.6) is 0 Å². The van der Waals surface area contributed by atoms with Crippen LogP contribution < -0.4 is 0 Å². The van der Waals surface area contributed by atoms with Gasteiger partial charge >= 0.3 is 0 Å². The van der Waals surface area contributed by atoms with Gasteiger partial charge in [-0.05, 0) is 42.3 Å². The number of carbonyl (C=O) groups excluding carboxylic acids is 2. The maximum Gasteiger partial charge on any atom is 0.293 e. The third kappa shape index (κ3) is 3.39. The molecule has 2 rings (SSSR count). The average Bonchev–Trinajstić information content (AvgIpc) is 2.68. The van der Waals surface area contributed by atoms with Gasteiger partial charge in [0, 0.05) is 6.54 Å². The monoisotopic (exact) mass is 287 g/mol. The molecule has 104 valence electrons. The predicted octanol–water partition coefficient (Wildman–Crippen LogP) is 4.08. The molecule has 20 heavy (non-hydrogen) atoms. The zero-order chi connectivity index (χ0) is 14.5. The van der Waals surface area contributed by atoms with Crippen LogP contribution >= 0.6 is 11.8 Å². The Kier molecular flexibility index (Phi) is 4.79. The Balaban J connectivity index is 2.17. The zero-order valence-electron chi connectivity index (χ0n) is 11.6. The largest absolute Gasteiger partial charge is 0.293 e. The molecule has 1 aliphatic rings. The number of allylic oxidation sites excluding steroid dienone is 2. The van der Waals surface area contributed by atoms with Crippen LogP contribution in [0.15, 0.2) is 46.9 Å². The van der Waals surface area contributed by atoms with Crippen LogP contribution in [0, 0.1) is 0 Å². The topological polar surface area (TPSA) is 37.4 Å². The lowest BCUT2D eigenvalue weighted by molar-refractivity contribution is -0.122. The highest BCUT2D eigenvalue weighted by molar-refractivity contribution is 8.18. The molecule has 3 nitrogen and oxygen atoms in total. The molecule has 0 unspecified atom stereocenters. The summed E-state index contributed by atoms with van der Waals surface area (Å²) in [4.78, 5) is 25.6. The van der Waals surface area contributed by atoms with E-state index in [1.807, 2.05) is 50.3 Å². The van der Waals surface area contributed by atoms with E-state index < -0.39 is 0 Å². The maximum atomic E-state index is 12.1. The second kappa shape index (κ2) is 6.57. The highest BCUT2D eigenvalue weighted by atomic mass is 32.2. The van der Waals surface area contributed by atoms with Crippen LogP contribution in [0.4, 0.5) is 4.79 Å². The maximum absolute atomic E-state index is 12.1. The van der Waals surface area contributed by atoms with E-state index in [1.165, 1.54) is 4.90 Å². The Hall–Kier alpha value is -1.81. The highest BCUT2D eigenvalue weighted by Crippen LogP contribution is 2.31. The van der Waals surface area contributed by atoms with Crippen molar-refractivity contribution in [1.29, 1.82) is 0 Å². The minimum atomic E-state index is -0.178. The molecule has 1 heterocycles. The lowest BCUT2D eigenvalue weighted by Crippen LogP contribution is -2.28. The van der Waals surface area contributed by atoms with Crippen molar-refractivity contribution >= 4 is 29.0 Å². The van der Waals surface area contributed by atoms with Crippen LogP contribution in [-0.4, -0.2) is 22.6 Å². The molecule has 0 bridgehead atoms. The summed E-state index contributed by atoms with van der Waals surface area (Å²) in [7, 11) is 0. The SMILES string of the molecule is CCCN1C(=O)S/C(=C/C(C)=C/c2ccccc2)C1=O. The van der Waals surface area contributed by atoms with Gasteiger partial charge in [0.1, 0.15) is 0 Å². The third-order valence-electron chi connectivity index (χ3n) is 2.87. The van der Waals surface area contributed by atoms with Gasteiger partial charge in [-0.15, -0.1) is 0 Å². The van der Waals surface area contributed by atoms with Crippen molar-refractivity contribution in [1.82, 2.24) is 4.90 Å². The van der Waals surface area contributed by atoms with Crippen molar-refractivity contribution in [2.24, 2.45) is 0 Å². The molecule has 1 saturated heterocycles. The van der Waals surface area contributed by atoms with Gasteiger partial charge in [-0.25, -0.2) is 0 Å². The molecule has 1 aromatic carbocycles. The standard InChI is InChI=1S/C16H17NO2S/c1-3-9-17-15(18)14(20-16(17)19)11-12(2)10-13-7-5-4-6-8-13/h4-8,10-11H,3,9H2,1-2H3/b12-10+,14-11+. The summed E-state index contributed by atoms with van der Waals surface area (Å²) >= 11 is 1.02. The molecule has 1 fully saturated rings. The first-order chi connectivity index (χ1) is 9.61. The van der Waals surface area contributed by atoms with Crippen molar-refractivity contribution in [2.75, 3.05) is 6.54 Å². The molecule has 0 spiro atoms. The molecular weight excluding hydrogens is 270 g/mol. The number of thioether (sulfide) groups is 1. The number of nitrogens with zero attached hydrogens (tertiary/aromatic N) is 1. The van der Waals surface area contributed by atoms with Crippen LogP contribution in [0.2, 0.25) is 0 Å². The Bertz CT molecular complexity index is 575. The van der Waals surface area contributed by atoms with Crippen molar-refractivity contribution in [3.8, 4) is 0 Å². The zero-order valence-corrected chi connectivity index (χ0v) is 12.4. The van der Waals surface area contributed by atoms with Crippen molar-refractivity contribution in [3.63, 3.8) is 0 Å². The van der Waals surface area contributed by atoms with Gasteiger partial charge in [0.05, 0.1) is 4.91 Å². The van der Waals surface area contributed by atoms with Crippen LogP contribution in [-0.2, 0) is 4.79 Å². The molecular formula is C16H17NO2S. The second-order valence-corrected chi connectivity index (χ2v) is 5.63. The number of hydrogen-bond donors (Lipinski definition) is 0. The summed E-state index contributed by atoms with van der Waals surface area (Å²) < 4.78 is 0. The van der Waals surface area contributed by atoms with Gasteiger partial charge < -0.3 is 0 Å². The van der Waals surface area contributed by atoms with Gasteiger partial charge in [0.15, 0.2) is 0 Å². The molecule has 2 amide bonds. The number of imide groups is 1. The van der Waals surface area contributed by atoms with Gasteiger partial charge in [0.2, 0.25) is 0 Å². The van der Waals surface area contributed by atoms with Crippen molar-refractivity contribution in [2.45, 2.75) is 20.3 Å². The van der Waals surface area contributed by atoms with Crippen LogP contribution in [0.3, 0.4) is 0 Å². The van der Waals surface area contributed by atoms with E-state index in [9.17, 15) is 9.59 Å². The molecule has 4 heteroatoms. The smallest absolute Gasteiger partial charge is 0.268 e. The number of amides is 2. The Morgan fingerprint density at radius 3 is 2.60 bits per heavy atom. The molecule has 1 aromatic rings. The molecule has 0 atom stereocenters. The highest BCUT2D eigenvalue weighted by Gasteiger charge is 2.34. The van der Waals surface area contributed by atoms with E-state index >= 15 is 0 Å². The van der Waals surface area contributed by atoms with Gasteiger partial charge in [-0.2, -0.15) is 0 Å². The number of hydrogen-bond acceptors (Lipinski definition) is 3. The summed E-state index contributed by atoms with van der Waals surface area (Å²) in [5.41, 5.74) is 2.03. The molecule has 0 N–H and O–H groups in total. The third-order valence-corrected chi connectivity index (χ3v) is 3.78. The molecule has 0 aromatic heterocycles. The van der Waals surface area contributed by atoms with E-state index in [4.69, 9.17) is 0 Å². The summed E-state index contributed by atoms with van der Waals surface area (Å²) in [5.74, 6) is -0.178. The average molecular weight is 287 g/mol. The lowest BCUT2D eigenvalue weighted by atomic mass is 10.1. The van der Waals surface area contributed by atoms with Crippen molar-refractivity contribution < 1.29 is 9.59 Å². The molecule has 0 radical (unpaired) electrons. The minimum Gasteiger partial charge on any atom is -0.268 e. The van der Waals surface area contributed by atoms with E-state index in [-0.39, 0.29) is 11.1 Å². The summed E-state index contributed by atoms with van der Waals surface area (Å²) in [6.07, 6.45) is 4.56. The van der Waals surface area contributed by atoms with E-state index in [0.29, 0.717) is 11.4 Å². The first-order valence-electron chi connectivity index (χ1n) is 6.60. The van der Waals surface area contributed by atoms with Crippen molar-refractivity contribution in [3.05, 3.63) is 52.4 Å². The normalized spacial score (nSPS) is 18.2. The fourth-order valence-electron chi connectivity index (χ4n) is 1.98. The first kappa shape index (κ1) is 14.6. The minimum absolute atomic E-state index is 0.171. The van der Waals surface area contributed by atoms with E-state index in [2.05, 4.69) is 0 Å². The lowest BCUT2D eigenvalue weighted by Gasteiger charge is -2.09. The van der Waals surface area contributed by atoms with Crippen LogP contribution in [0.1, 0.15) is 25.8 Å². The Morgan fingerprint density at radius 2 is 1.95 bits per heavy atom. The summed E-state index contributed by atoms with van der Waals surface area (Å²) in [6.45, 7) is 4.37. The Labute approximate surface area is 123 Å². The quantitative estimate of drug-likeness (QED) is 0.783. The number of benzene rings is 1. The Morgan fingerprint density at radius 1 is 1.25 bits per heavy atom. The first-order valence-corrected chi connectivity index (χ1v) is 7.42. The summed E-state index contributed by atoms with van der Waals surface area (Å²) in [6, 6.07) is 9.89. The fraction of sp³-hybridized carbons (Fsp3) is 0.250. The molecule has 0 aliphatic carbocycles. The number of carbonyl (C=O) groups is 2. The molecule has 0 saturated carbocycles. The predicted molar refractivity (Wildman–Crippen MR) is 83.2 cm³/mol. The second-order valence-electron chi connectivity index (χ2n) is 4.63. The van der Waals surface area contributed by atoms with Gasteiger partial charge in [-0.3, -0.25) is 14.5 Å².